The minimum atomic E-state index is -0.618. The Labute approximate surface area is 233 Å². The molecule has 0 radical (unpaired) electrons. The van der Waals surface area contributed by atoms with Crippen LogP contribution in [0, 0.1) is 12.7 Å². The number of carbonyl (C=O) groups excluding carboxylic acids is 2. The van der Waals surface area contributed by atoms with Gasteiger partial charge in [-0.05, 0) is 86.1 Å². The number of nitrogens with one attached hydrogen (secondary N) is 1. The standard InChI is InChI=1S/C27H27BrClFN4O4/c1-16-21(25(29)34(32-16)20-7-5-18(30)6-8-20)9-10-23(35)31-19-13-17-15-33(26(36)38-27(2,3)4)11-12-37-24(17)22(28)14-19/h5-10,13-14H,11-12,15H2,1-4H3,(H,31,35)/b10-9+. The van der Waals surface area contributed by atoms with Crippen molar-refractivity contribution in [2.45, 2.75) is 39.8 Å². The third kappa shape index (κ3) is 6.54. The van der Waals surface area contributed by atoms with Gasteiger partial charge in [0.15, 0.2) is 0 Å². The number of aromatic nitrogens is 2. The van der Waals surface area contributed by atoms with E-state index in [4.69, 9.17) is 21.1 Å². The number of fused-ring (bicyclic) bond motifs is 1. The van der Waals surface area contributed by atoms with Gasteiger partial charge in [-0.3, -0.25) is 4.79 Å². The summed E-state index contributed by atoms with van der Waals surface area (Å²) in [6.45, 7) is 8.15. The lowest BCUT2D eigenvalue weighted by Gasteiger charge is -2.26. The van der Waals surface area contributed by atoms with Crippen LogP contribution in [-0.2, 0) is 16.1 Å². The molecule has 1 aromatic heterocycles. The third-order valence-electron chi connectivity index (χ3n) is 5.53. The fourth-order valence-electron chi connectivity index (χ4n) is 3.82. The summed E-state index contributed by atoms with van der Waals surface area (Å²) in [5.74, 6) is -0.139. The first-order valence-electron chi connectivity index (χ1n) is 11.8. The number of benzene rings is 2. The van der Waals surface area contributed by atoms with Crippen molar-refractivity contribution in [3.05, 3.63) is 74.7 Å². The number of aryl methyl sites for hydroxylation is 1. The Morgan fingerprint density at radius 2 is 1.95 bits per heavy atom. The molecule has 0 saturated heterocycles. The molecule has 0 unspecified atom stereocenters. The Balaban J connectivity index is 1.50. The molecule has 11 heteroatoms. The van der Waals surface area contributed by atoms with E-state index in [-0.39, 0.29) is 18.3 Å². The summed E-state index contributed by atoms with van der Waals surface area (Å²) in [7, 11) is 0. The van der Waals surface area contributed by atoms with E-state index in [1.165, 1.54) is 22.9 Å². The fourth-order valence-corrected chi connectivity index (χ4v) is 4.77. The SMILES string of the molecule is Cc1nn(-c2ccc(F)cc2)c(Cl)c1/C=C/C(=O)Nc1cc(Br)c2c(c1)CN(C(=O)OC(C)(C)C)CCO2. The molecule has 8 nitrogen and oxygen atoms in total. The Morgan fingerprint density at radius 3 is 2.63 bits per heavy atom. The second-order valence-corrected chi connectivity index (χ2v) is 10.9. The van der Waals surface area contributed by atoms with E-state index in [0.717, 1.165) is 5.56 Å². The van der Waals surface area contributed by atoms with Crippen LogP contribution in [0.2, 0.25) is 5.15 Å². The number of nitrogens with zero attached hydrogens (tertiary/aromatic N) is 3. The van der Waals surface area contributed by atoms with Crippen LogP contribution in [0.15, 0.2) is 46.9 Å². The third-order valence-corrected chi connectivity index (χ3v) is 6.48. The normalized spacial score (nSPS) is 13.6. The number of hydrogen-bond donors (Lipinski definition) is 1. The highest BCUT2D eigenvalue weighted by atomic mass is 79.9. The second kappa shape index (κ2) is 11.2. The Hall–Kier alpha value is -3.37. The van der Waals surface area contributed by atoms with Crippen LogP contribution in [0.25, 0.3) is 11.8 Å². The van der Waals surface area contributed by atoms with Gasteiger partial charge in [-0.15, -0.1) is 0 Å². The zero-order valence-electron chi connectivity index (χ0n) is 21.3. The van der Waals surface area contributed by atoms with Gasteiger partial charge in [-0.25, -0.2) is 13.9 Å². The lowest BCUT2D eigenvalue weighted by molar-refractivity contribution is -0.111. The Kier molecular flexibility index (Phi) is 8.13. The molecule has 0 bridgehead atoms. The van der Waals surface area contributed by atoms with Crippen molar-refractivity contribution < 1.29 is 23.5 Å². The van der Waals surface area contributed by atoms with E-state index < -0.39 is 11.7 Å². The first kappa shape index (κ1) is 27.7. The van der Waals surface area contributed by atoms with Crippen molar-refractivity contribution in [2.24, 2.45) is 0 Å². The lowest BCUT2D eigenvalue weighted by atomic mass is 10.1. The molecule has 1 aliphatic rings. The van der Waals surface area contributed by atoms with Crippen LogP contribution in [-0.4, -0.2) is 45.4 Å². The van der Waals surface area contributed by atoms with Crippen molar-refractivity contribution >= 4 is 51.3 Å². The average molecular weight is 606 g/mol. The second-order valence-electron chi connectivity index (χ2n) is 9.70. The van der Waals surface area contributed by atoms with E-state index in [0.29, 0.717) is 51.2 Å². The van der Waals surface area contributed by atoms with Gasteiger partial charge in [0.25, 0.3) is 0 Å². The van der Waals surface area contributed by atoms with Gasteiger partial charge >= 0.3 is 6.09 Å². The molecule has 2 amide bonds. The molecular formula is C27H27BrClFN4O4. The van der Waals surface area contributed by atoms with Crippen LogP contribution in [0.3, 0.4) is 0 Å². The van der Waals surface area contributed by atoms with Gasteiger partial charge in [0.1, 0.15) is 28.9 Å². The largest absolute Gasteiger partial charge is 0.490 e. The molecule has 0 aliphatic carbocycles. The van der Waals surface area contributed by atoms with Gasteiger partial charge < -0.3 is 19.7 Å². The maximum atomic E-state index is 13.3. The number of hydrogen-bond acceptors (Lipinski definition) is 5. The van der Waals surface area contributed by atoms with Crippen LogP contribution < -0.4 is 10.1 Å². The predicted molar refractivity (Wildman–Crippen MR) is 147 cm³/mol. The average Bonchev–Trinajstić information content (AvgIpc) is 2.98. The highest BCUT2D eigenvalue weighted by Gasteiger charge is 2.26. The summed E-state index contributed by atoms with van der Waals surface area (Å²) in [5.41, 5.74) is 2.39. The van der Waals surface area contributed by atoms with E-state index >= 15 is 0 Å². The molecule has 200 valence electrons. The van der Waals surface area contributed by atoms with Crippen LogP contribution in [0.5, 0.6) is 5.75 Å². The van der Waals surface area contributed by atoms with E-state index in [2.05, 4.69) is 26.3 Å². The Morgan fingerprint density at radius 1 is 1.24 bits per heavy atom. The van der Waals surface area contributed by atoms with E-state index in [9.17, 15) is 14.0 Å². The van der Waals surface area contributed by atoms with Gasteiger partial charge in [0.2, 0.25) is 5.91 Å². The van der Waals surface area contributed by atoms with Crippen molar-refractivity contribution in [3.63, 3.8) is 0 Å². The number of ether oxygens (including phenoxy) is 2. The zero-order chi connectivity index (χ0) is 27.6. The maximum Gasteiger partial charge on any atom is 0.410 e. The Bertz CT molecular complexity index is 1400. The van der Waals surface area contributed by atoms with Crippen LogP contribution in [0.4, 0.5) is 14.9 Å². The maximum absolute atomic E-state index is 13.3. The molecule has 0 saturated carbocycles. The molecule has 1 N–H and O–H groups in total. The molecule has 2 aromatic carbocycles. The number of halogens is 3. The summed E-state index contributed by atoms with van der Waals surface area (Å²) < 4.78 is 26.8. The topological polar surface area (TPSA) is 85.7 Å². The van der Waals surface area contributed by atoms with Gasteiger partial charge in [0.05, 0.1) is 28.9 Å². The monoisotopic (exact) mass is 604 g/mol. The zero-order valence-corrected chi connectivity index (χ0v) is 23.7. The minimum absolute atomic E-state index is 0.264. The molecular weight excluding hydrogens is 579 g/mol. The minimum Gasteiger partial charge on any atom is -0.490 e. The summed E-state index contributed by atoms with van der Waals surface area (Å²) in [6, 6.07) is 9.28. The summed E-state index contributed by atoms with van der Waals surface area (Å²) in [5, 5.41) is 7.53. The number of carbonyl (C=O) groups is 2. The van der Waals surface area contributed by atoms with Crippen LogP contribution in [0.1, 0.15) is 37.6 Å². The van der Waals surface area contributed by atoms with Crippen molar-refractivity contribution in [1.29, 1.82) is 0 Å². The molecule has 0 spiro atoms. The summed E-state index contributed by atoms with van der Waals surface area (Å²) >= 11 is 10.0. The van der Waals surface area contributed by atoms with Gasteiger partial charge in [0, 0.05) is 22.9 Å². The molecule has 0 atom stereocenters. The van der Waals surface area contributed by atoms with E-state index in [1.807, 2.05) is 20.8 Å². The number of anilines is 1. The summed E-state index contributed by atoms with van der Waals surface area (Å²) in [6.07, 6.45) is 2.50. The van der Waals surface area contributed by atoms with Crippen molar-refractivity contribution in [1.82, 2.24) is 14.7 Å². The number of amides is 2. The van der Waals surface area contributed by atoms with Gasteiger partial charge in [-0.1, -0.05) is 11.6 Å². The molecule has 38 heavy (non-hydrogen) atoms. The molecule has 3 aromatic rings. The van der Waals surface area contributed by atoms with Crippen molar-refractivity contribution in [3.8, 4) is 11.4 Å². The first-order chi connectivity index (χ1) is 17.9. The summed E-state index contributed by atoms with van der Waals surface area (Å²) in [4.78, 5) is 27.0. The number of rotatable bonds is 4. The quantitative estimate of drug-likeness (QED) is 0.343. The van der Waals surface area contributed by atoms with Crippen molar-refractivity contribution in [2.75, 3.05) is 18.5 Å². The molecule has 0 fully saturated rings. The van der Waals surface area contributed by atoms with Crippen LogP contribution >= 0.6 is 27.5 Å². The molecule has 2 heterocycles. The van der Waals surface area contributed by atoms with Gasteiger partial charge in [-0.2, -0.15) is 5.10 Å². The lowest BCUT2D eigenvalue weighted by Crippen LogP contribution is -2.37. The smallest absolute Gasteiger partial charge is 0.410 e. The molecule has 1 aliphatic heterocycles. The first-order valence-corrected chi connectivity index (χ1v) is 13.0. The predicted octanol–water partition coefficient (Wildman–Crippen LogP) is 6.52. The fraction of sp³-hybridized carbons (Fsp3) is 0.296. The molecule has 4 rings (SSSR count). The highest BCUT2D eigenvalue weighted by Crippen LogP contribution is 2.35. The van der Waals surface area contributed by atoms with E-state index in [1.54, 1.807) is 42.2 Å². The highest BCUT2D eigenvalue weighted by molar-refractivity contribution is 9.10.